The van der Waals surface area contributed by atoms with Crippen molar-refractivity contribution >= 4 is 15.7 Å². The lowest BCUT2D eigenvalue weighted by atomic mass is 9.86. The quantitative estimate of drug-likeness (QED) is 0.639. The number of rotatable bonds is 4. The molecule has 0 radical (unpaired) electrons. The highest BCUT2D eigenvalue weighted by atomic mass is 32.2. The lowest BCUT2D eigenvalue weighted by molar-refractivity contribution is -0.134. The second-order valence-corrected chi connectivity index (χ2v) is 9.94. The Kier molecular flexibility index (Phi) is 4.62. The van der Waals surface area contributed by atoms with Crippen molar-refractivity contribution in [1.82, 2.24) is 4.90 Å². The first-order valence-corrected chi connectivity index (χ1v) is 11.7. The standard InChI is InChI=1S/C23H21NO5S/c25-23(24(14-17-6-5-12-28-17)16-11-13-30(26,27)15-16)22-18-7-1-3-9-20(18)29-21-10-4-2-8-19(21)22/h1-10,12,16,22H,11,13-15H2/t16-/m1/s1. The molecule has 2 aliphatic heterocycles. The van der Waals surface area contributed by atoms with E-state index in [1.165, 1.54) is 0 Å². The van der Waals surface area contributed by atoms with Crippen molar-refractivity contribution in [2.24, 2.45) is 0 Å². The highest BCUT2D eigenvalue weighted by Gasteiger charge is 2.41. The zero-order valence-electron chi connectivity index (χ0n) is 16.2. The first-order chi connectivity index (χ1) is 14.5. The van der Waals surface area contributed by atoms with Gasteiger partial charge in [0.05, 0.1) is 30.2 Å². The first-order valence-electron chi connectivity index (χ1n) is 9.91. The lowest BCUT2D eigenvalue weighted by Gasteiger charge is -2.34. The number of ether oxygens (including phenoxy) is 1. The van der Waals surface area contributed by atoms with Gasteiger partial charge in [-0.15, -0.1) is 0 Å². The molecule has 1 atom stereocenters. The average molecular weight is 423 g/mol. The first kappa shape index (κ1) is 18.9. The van der Waals surface area contributed by atoms with Crippen LogP contribution in [-0.4, -0.2) is 36.8 Å². The Labute approximate surface area is 175 Å². The van der Waals surface area contributed by atoms with Gasteiger partial charge >= 0.3 is 0 Å². The molecule has 3 aromatic rings. The van der Waals surface area contributed by atoms with Crippen LogP contribution in [0.2, 0.25) is 0 Å². The van der Waals surface area contributed by atoms with E-state index < -0.39 is 15.8 Å². The summed E-state index contributed by atoms with van der Waals surface area (Å²) in [5, 5.41) is 0. The summed E-state index contributed by atoms with van der Waals surface area (Å²) in [5.41, 5.74) is 1.57. The van der Waals surface area contributed by atoms with Crippen LogP contribution in [0.15, 0.2) is 71.3 Å². The number of nitrogens with zero attached hydrogens (tertiary/aromatic N) is 1. The molecular weight excluding hydrogens is 402 g/mol. The molecule has 3 heterocycles. The number of furan rings is 1. The Balaban J connectivity index is 1.58. The monoisotopic (exact) mass is 423 g/mol. The Morgan fingerprint density at radius 1 is 0.967 bits per heavy atom. The van der Waals surface area contributed by atoms with Gasteiger partial charge in [-0.1, -0.05) is 36.4 Å². The summed E-state index contributed by atoms with van der Waals surface area (Å²) < 4.78 is 35.8. The van der Waals surface area contributed by atoms with E-state index in [-0.39, 0.29) is 30.0 Å². The molecule has 0 saturated carbocycles. The van der Waals surface area contributed by atoms with E-state index in [0.29, 0.717) is 23.7 Å². The Morgan fingerprint density at radius 2 is 1.63 bits per heavy atom. The third kappa shape index (κ3) is 3.39. The van der Waals surface area contributed by atoms with Gasteiger partial charge in [0.25, 0.3) is 0 Å². The predicted octanol–water partition coefficient (Wildman–Crippen LogP) is 3.73. The molecule has 0 bridgehead atoms. The number of hydrogen-bond acceptors (Lipinski definition) is 5. The van der Waals surface area contributed by atoms with Crippen LogP contribution in [0.3, 0.4) is 0 Å². The van der Waals surface area contributed by atoms with Crippen molar-refractivity contribution < 1.29 is 22.4 Å². The molecule has 6 nitrogen and oxygen atoms in total. The van der Waals surface area contributed by atoms with E-state index in [9.17, 15) is 13.2 Å². The number of para-hydroxylation sites is 2. The second-order valence-electron chi connectivity index (χ2n) is 7.71. The smallest absolute Gasteiger partial charge is 0.235 e. The molecule has 2 aliphatic rings. The van der Waals surface area contributed by atoms with Crippen LogP contribution in [0.4, 0.5) is 0 Å². The minimum Gasteiger partial charge on any atom is -0.467 e. The van der Waals surface area contributed by atoms with Crippen LogP contribution in [0.1, 0.15) is 29.2 Å². The van der Waals surface area contributed by atoms with Gasteiger partial charge in [0.15, 0.2) is 9.84 Å². The lowest BCUT2D eigenvalue weighted by Crippen LogP contribution is -2.43. The molecule has 154 valence electrons. The molecule has 0 spiro atoms. The summed E-state index contributed by atoms with van der Waals surface area (Å²) in [4.78, 5) is 15.7. The highest BCUT2D eigenvalue weighted by molar-refractivity contribution is 7.91. The normalized spacial score (nSPS) is 19.5. The zero-order valence-corrected chi connectivity index (χ0v) is 17.0. The zero-order chi connectivity index (χ0) is 20.7. The maximum Gasteiger partial charge on any atom is 0.235 e. The van der Waals surface area contributed by atoms with Gasteiger partial charge in [-0.25, -0.2) is 8.42 Å². The van der Waals surface area contributed by atoms with Crippen molar-refractivity contribution in [1.29, 1.82) is 0 Å². The number of carbonyl (C=O) groups is 1. The van der Waals surface area contributed by atoms with E-state index in [4.69, 9.17) is 9.15 Å². The topological polar surface area (TPSA) is 76.8 Å². The molecule has 0 unspecified atom stereocenters. The summed E-state index contributed by atoms with van der Waals surface area (Å²) in [7, 11) is -3.15. The molecular formula is C23H21NO5S. The third-order valence-electron chi connectivity index (χ3n) is 5.77. The van der Waals surface area contributed by atoms with Gasteiger partial charge in [-0.05, 0) is 30.7 Å². The molecule has 1 aromatic heterocycles. The van der Waals surface area contributed by atoms with Crippen LogP contribution in [-0.2, 0) is 21.2 Å². The van der Waals surface area contributed by atoms with E-state index in [1.54, 1.807) is 23.3 Å². The fraction of sp³-hybridized carbons (Fsp3) is 0.261. The molecule has 2 aromatic carbocycles. The minimum atomic E-state index is -3.15. The third-order valence-corrected chi connectivity index (χ3v) is 7.52. The van der Waals surface area contributed by atoms with Crippen molar-refractivity contribution in [3.63, 3.8) is 0 Å². The molecule has 1 fully saturated rings. The van der Waals surface area contributed by atoms with Gasteiger partial charge in [-0.2, -0.15) is 0 Å². The Hall–Kier alpha value is -3.06. The van der Waals surface area contributed by atoms with Crippen LogP contribution < -0.4 is 4.74 Å². The second kappa shape index (κ2) is 7.32. The van der Waals surface area contributed by atoms with Gasteiger partial charge < -0.3 is 14.1 Å². The highest BCUT2D eigenvalue weighted by Crippen LogP contribution is 2.45. The number of carbonyl (C=O) groups excluding carboxylic acids is 1. The van der Waals surface area contributed by atoms with Gasteiger partial charge in [-0.3, -0.25) is 4.79 Å². The SMILES string of the molecule is O=C(C1c2ccccc2Oc2ccccc21)N(Cc1ccco1)[C@@H]1CCS(=O)(=O)C1. The van der Waals surface area contributed by atoms with Crippen molar-refractivity contribution in [3.05, 3.63) is 83.8 Å². The largest absolute Gasteiger partial charge is 0.467 e. The maximum absolute atomic E-state index is 14.0. The van der Waals surface area contributed by atoms with Crippen LogP contribution in [0.5, 0.6) is 11.5 Å². The van der Waals surface area contributed by atoms with Gasteiger partial charge in [0, 0.05) is 17.2 Å². The minimum absolute atomic E-state index is 0.0219. The summed E-state index contributed by atoms with van der Waals surface area (Å²) in [5.74, 6) is 1.28. The molecule has 7 heteroatoms. The molecule has 0 aliphatic carbocycles. The number of sulfone groups is 1. The predicted molar refractivity (Wildman–Crippen MR) is 111 cm³/mol. The van der Waals surface area contributed by atoms with E-state index in [1.807, 2.05) is 48.5 Å². The molecule has 5 rings (SSSR count). The fourth-order valence-electron chi connectivity index (χ4n) is 4.32. The van der Waals surface area contributed by atoms with Crippen molar-refractivity contribution in [3.8, 4) is 11.5 Å². The van der Waals surface area contributed by atoms with Crippen LogP contribution >= 0.6 is 0 Å². The molecule has 1 amide bonds. The maximum atomic E-state index is 14.0. The van der Waals surface area contributed by atoms with Crippen molar-refractivity contribution in [2.45, 2.75) is 24.9 Å². The summed E-state index contributed by atoms with van der Waals surface area (Å²) >= 11 is 0. The Bertz CT molecular complexity index is 1140. The number of benzene rings is 2. The molecule has 30 heavy (non-hydrogen) atoms. The molecule has 0 N–H and O–H groups in total. The van der Waals surface area contributed by atoms with Crippen LogP contribution in [0, 0.1) is 0 Å². The number of hydrogen-bond donors (Lipinski definition) is 0. The molecule has 1 saturated heterocycles. The Morgan fingerprint density at radius 3 is 2.20 bits per heavy atom. The van der Waals surface area contributed by atoms with Crippen molar-refractivity contribution in [2.75, 3.05) is 11.5 Å². The fourth-order valence-corrected chi connectivity index (χ4v) is 6.05. The summed E-state index contributed by atoms with van der Waals surface area (Å²) in [6, 6.07) is 18.2. The van der Waals surface area contributed by atoms with E-state index in [0.717, 1.165) is 11.1 Å². The van der Waals surface area contributed by atoms with E-state index in [2.05, 4.69) is 0 Å². The van der Waals surface area contributed by atoms with Crippen LogP contribution in [0.25, 0.3) is 0 Å². The summed E-state index contributed by atoms with van der Waals surface area (Å²) in [6.07, 6.45) is 1.99. The van der Waals surface area contributed by atoms with Gasteiger partial charge in [0.2, 0.25) is 5.91 Å². The number of fused-ring (bicyclic) bond motifs is 2. The van der Waals surface area contributed by atoms with Gasteiger partial charge in [0.1, 0.15) is 17.3 Å². The van der Waals surface area contributed by atoms with E-state index >= 15 is 0 Å². The summed E-state index contributed by atoms with van der Waals surface area (Å²) in [6.45, 7) is 0.230. The average Bonchev–Trinajstić information content (AvgIpc) is 3.38. The number of amides is 1.